The van der Waals surface area contributed by atoms with Crippen molar-refractivity contribution < 1.29 is 13.2 Å². The Morgan fingerprint density at radius 2 is 1.87 bits per heavy atom. The summed E-state index contributed by atoms with van der Waals surface area (Å²) in [4.78, 5) is 0. The van der Waals surface area contributed by atoms with Crippen LogP contribution in [0.3, 0.4) is 0 Å². The zero-order valence-corrected chi connectivity index (χ0v) is 15.1. The molecule has 3 nitrogen and oxygen atoms in total. The van der Waals surface area contributed by atoms with Gasteiger partial charge in [-0.05, 0) is 37.3 Å². The first kappa shape index (κ1) is 18.1. The minimum atomic E-state index is -3.11. The lowest BCUT2D eigenvalue weighted by molar-refractivity contribution is 0.195. The van der Waals surface area contributed by atoms with Crippen LogP contribution in [0.2, 0.25) is 0 Å². The molecule has 0 spiro atoms. The Labute approximate surface area is 140 Å². The zero-order chi connectivity index (χ0) is 16.8. The van der Waals surface area contributed by atoms with Crippen LogP contribution in [0.15, 0.2) is 36.6 Å². The monoisotopic (exact) mass is 336 g/mol. The Morgan fingerprint density at radius 3 is 2.57 bits per heavy atom. The van der Waals surface area contributed by atoms with Crippen molar-refractivity contribution in [3.05, 3.63) is 42.2 Å². The average molecular weight is 336 g/mol. The van der Waals surface area contributed by atoms with Gasteiger partial charge in [0.2, 0.25) is 0 Å². The van der Waals surface area contributed by atoms with Crippen LogP contribution in [0.25, 0.3) is 5.57 Å². The van der Waals surface area contributed by atoms with E-state index >= 15 is 0 Å². The highest BCUT2D eigenvalue weighted by atomic mass is 32.2. The van der Waals surface area contributed by atoms with Crippen molar-refractivity contribution in [2.75, 3.05) is 12.4 Å². The molecule has 0 bridgehead atoms. The molecule has 0 aliphatic carbocycles. The summed E-state index contributed by atoms with van der Waals surface area (Å²) in [6, 6.07) is 10.00. The Kier molecular flexibility index (Phi) is 6.28. The summed E-state index contributed by atoms with van der Waals surface area (Å²) in [5, 5.41) is 0. The number of allylic oxidation sites excluding steroid dienone is 1. The van der Waals surface area contributed by atoms with E-state index in [0.717, 1.165) is 36.8 Å². The smallest absolute Gasteiger partial charge is 0.159 e. The van der Waals surface area contributed by atoms with Gasteiger partial charge in [0.15, 0.2) is 9.84 Å². The summed E-state index contributed by atoms with van der Waals surface area (Å²) in [7, 11) is -3.11. The number of rotatable bonds is 5. The van der Waals surface area contributed by atoms with Crippen LogP contribution in [0.4, 0.5) is 0 Å². The maximum atomic E-state index is 12.8. The van der Waals surface area contributed by atoms with Gasteiger partial charge in [0.25, 0.3) is 0 Å². The van der Waals surface area contributed by atoms with Crippen molar-refractivity contribution in [2.24, 2.45) is 0 Å². The van der Waals surface area contributed by atoms with Crippen LogP contribution >= 0.6 is 0 Å². The maximum absolute atomic E-state index is 12.8. The molecule has 1 aliphatic rings. The minimum absolute atomic E-state index is 0.260. The Morgan fingerprint density at radius 1 is 1.17 bits per heavy atom. The van der Waals surface area contributed by atoms with E-state index < -0.39 is 14.6 Å². The van der Waals surface area contributed by atoms with Crippen LogP contribution < -0.4 is 0 Å². The van der Waals surface area contributed by atoms with Gasteiger partial charge in [0.1, 0.15) is 11.4 Å². The Hall–Kier alpha value is -1.29. The van der Waals surface area contributed by atoms with Gasteiger partial charge in [-0.15, -0.1) is 0 Å². The topological polar surface area (TPSA) is 43.4 Å². The van der Waals surface area contributed by atoms with E-state index in [0.29, 0.717) is 18.6 Å². The average Bonchev–Trinajstić information content (AvgIpc) is 2.55. The van der Waals surface area contributed by atoms with E-state index in [9.17, 15) is 8.42 Å². The number of sulfone groups is 1. The Balaban J connectivity index is 2.11. The molecule has 1 aromatic rings. The summed E-state index contributed by atoms with van der Waals surface area (Å²) in [5.74, 6) is 0.297. The lowest BCUT2D eigenvalue weighted by Gasteiger charge is -2.33. The molecule has 128 valence electrons. The van der Waals surface area contributed by atoms with Crippen molar-refractivity contribution in [2.45, 2.75) is 57.1 Å². The molecule has 0 radical (unpaired) electrons. The SMILES string of the molecule is CCC1(CO/C=C(/C)c2ccccc2)CCCCCCS1(=O)=O. The molecule has 1 aliphatic heterocycles. The summed E-state index contributed by atoms with van der Waals surface area (Å²) in [5.41, 5.74) is 2.11. The molecular formula is C19H28O3S. The van der Waals surface area contributed by atoms with Gasteiger partial charge in [-0.2, -0.15) is 0 Å². The maximum Gasteiger partial charge on any atom is 0.159 e. The van der Waals surface area contributed by atoms with Gasteiger partial charge in [-0.25, -0.2) is 8.42 Å². The third-order valence-corrected chi connectivity index (χ3v) is 7.69. The predicted octanol–water partition coefficient (Wildman–Crippen LogP) is 4.59. The number of benzene rings is 1. The molecule has 1 unspecified atom stereocenters. The van der Waals surface area contributed by atoms with Crippen molar-refractivity contribution in [1.29, 1.82) is 0 Å². The second-order valence-electron chi connectivity index (χ2n) is 6.50. The molecule has 23 heavy (non-hydrogen) atoms. The number of hydrogen-bond donors (Lipinski definition) is 0. The van der Waals surface area contributed by atoms with Crippen LogP contribution in [0.1, 0.15) is 57.9 Å². The van der Waals surface area contributed by atoms with E-state index in [1.54, 1.807) is 6.26 Å². The fourth-order valence-corrected chi connectivity index (χ4v) is 5.37. The molecule has 0 saturated carbocycles. The molecule has 1 aromatic carbocycles. The molecule has 0 aromatic heterocycles. The van der Waals surface area contributed by atoms with Gasteiger partial charge in [-0.3, -0.25) is 0 Å². The number of hydrogen-bond acceptors (Lipinski definition) is 3. The molecule has 1 atom stereocenters. The van der Waals surface area contributed by atoms with Crippen LogP contribution in [-0.4, -0.2) is 25.5 Å². The van der Waals surface area contributed by atoms with Crippen molar-refractivity contribution in [3.8, 4) is 0 Å². The number of ether oxygens (including phenoxy) is 1. The van der Waals surface area contributed by atoms with Crippen LogP contribution in [-0.2, 0) is 14.6 Å². The van der Waals surface area contributed by atoms with Gasteiger partial charge in [0.05, 0.1) is 12.0 Å². The van der Waals surface area contributed by atoms with Gasteiger partial charge >= 0.3 is 0 Å². The lowest BCUT2D eigenvalue weighted by atomic mass is 9.97. The van der Waals surface area contributed by atoms with Gasteiger partial charge < -0.3 is 4.74 Å². The molecule has 0 amide bonds. The molecule has 1 heterocycles. The third-order valence-electron chi connectivity index (χ3n) is 4.94. The van der Waals surface area contributed by atoms with E-state index in [4.69, 9.17) is 4.74 Å². The van der Waals surface area contributed by atoms with Crippen molar-refractivity contribution in [1.82, 2.24) is 0 Å². The molecule has 1 saturated heterocycles. The van der Waals surface area contributed by atoms with Gasteiger partial charge in [0, 0.05) is 0 Å². The van der Waals surface area contributed by atoms with E-state index in [1.165, 1.54) is 0 Å². The van der Waals surface area contributed by atoms with Crippen molar-refractivity contribution in [3.63, 3.8) is 0 Å². The van der Waals surface area contributed by atoms with Crippen LogP contribution in [0.5, 0.6) is 0 Å². The van der Waals surface area contributed by atoms with Gasteiger partial charge in [-0.1, -0.05) is 56.5 Å². The molecule has 2 rings (SSSR count). The van der Waals surface area contributed by atoms with E-state index in [2.05, 4.69) is 0 Å². The molecular weight excluding hydrogens is 308 g/mol. The summed E-state index contributed by atoms with van der Waals surface area (Å²) in [6.45, 7) is 4.22. The zero-order valence-electron chi connectivity index (χ0n) is 14.3. The predicted molar refractivity (Wildman–Crippen MR) is 95.9 cm³/mol. The van der Waals surface area contributed by atoms with E-state index in [-0.39, 0.29) is 6.61 Å². The first-order chi connectivity index (χ1) is 11.0. The highest BCUT2D eigenvalue weighted by molar-refractivity contribution is 7.92. The summed E-state index contributed by atoms with van der Waals surface area (Å²) >= 11 is 0. The molecule has 0 N–H and O–H groups in total. The second kappa shape index (κ2) is 8.00. The highest BCUT2D eigenvalue weighted by Gasteiger charge is 2.42. The lowest BCUT2D eigenvalue weighted by Crippen LogP contribution is -2.44. The first-order valence-corrected chi connectivity index (χ1v) is 10.2. The quantitative estimate of drug-likeness (QED) is 0.739. The van der Waals surface area contributed by atoms with Crippen LogP contribution in [0, 0.1) is 0 Å². The summed E-state index contributed by atoms with van der Waals surface area (Å²) < 4.78 is 30.6. The first-order valence-electron chi connectivity index (χ1n) is 8.57. The largest absolute Gasteiger partial charge is 0.499 e. The summed E-state index contributed by atoms with van der Waals surface area (Å²) in [6.07, 6.45) is 6.93. The molecule has 1 fully saturated rings. The highest BCUT2D eigenvalue weighted by Crippen LogP contribution is 2.33. The molecule has 4 heteroatoms. The third kappa shape index (κ3) is 4.37. The fraction of sp³-hybridized carbons (Fsp3) is 0.579. The Bertz CT molecular complexity index is 619. The fourth-order valence-electron chi connectivity index (χ4n) is 3.21. The normalized spacial score (nSPS) is 25.4. The standard InChI is InChI=1S/C19H28O3S/c1-3-19(13-9-4-5-10-14-23(19,20)21)16-22-15-17(2)18-11-7-6-8-12-18/h6-8,11-12,15H,3-5,9-10,13-14,16H2,1-2H3/b17-15-. The van der Waals surface area contributed by atoms with Crippen molar-refractivity contribution >= 4 is 15.4 Å². The van der Waals surface area contributed by atoms with E-state index in [1.807, 2.05) is 44.2 Å². The second-order valence-corrected chi connectivity index (χ2v) is 9.00. The minimum Gasteiger partial charge on any atom is -0.499 e.